The number of aliphatic hydroxyl groups excluding tert-OH is 1. The van der Waals surface area contributed by atoms with Gasteiger partial charge in [0.15, 0.2) is 0 Å². The van der Waals surface area contributed by atoms with Gasteiger partial charge in [0.2, 0.25) is 0 Å². The SMILES string of the molecule is CC(O)C[Si](C)(C)c1ccccc1. The van der Waals surface area contributed by atoms with Crippen LogP contribution in [0.15, 0.2) is 30.3 Å². The molecule has 1 aromatic carbocycles. The van der Waals surface area contributed by atoms with E-state index in [9.17, 15) is 5.11 Å². The van der Waals surface area contributed by atoms with Crippen LogP contribution in [0.5, 0.6) is 0 Å². The van der Waals surface area contributed by atoms with E-state index in [0.717, 1.165) is 6.04 Å². The summed E-state index contributed by atoms with van der Waals surface area (Å²) in [5, 5.41) is 10.8. The zero-order valence-electron chi connectivity index (χ0n) is 8.62. The van der Waals surface area contributed by atoms with Gasteiger partial charge >= 0.3 is 0 Å². The van der Waals surface area contributed by atoms with Crippen LogP contribution in [0.25, 0.3) is 0 Å². The highest BCUT2D eigenvalue weighted by Gasteiger charge is 2.24. The number of rotatable bonds is 3. The predicted octanol–water partition coefficient (Wildman–Crippen LogP) is 1.98. The first kappa shape index (κ1) is 10.5. The third-order valence-electron chi connectivity index (χ3n) is 2.36. The van der Waals surface area contributed by atoms with Gasteiger partial charge in [0.05, 0.1) is 8.07 Å². The Morgan fingerprint density at radius 1 is 1.23 bits per heavy atom. The van der Waals surface area contributed by atoms with Crippen LogP contribution < -0.4 is 5.19 Å². The van der Waals surface area contributed by atoms with E-state index >= 15 is 0 Å². The quantitative estimate of drug-likeness (QED) is 0.730. The molecule has 0 aliphatic rings. The summed E-state index contributed by atoms with van der Waals surface area (Å²) < 4.78 is 0. The van der Waals surface area contributed by atoms with Crippen molar-refractivity contribution < 1.29 is 5.11 Å². The topological polar surface area (TPSA) is 20.2 Å². The van der Waals surface area contributed by atoms with Crippen molar-refractivity contribution in [3.63, 3.8) is 0 Å². The first-order valence-corrected chi connectivity index (χ1v) is 7.97. The Labute approximate surface area is 81.4 Å². The summed E-state index contributed by atoms with van der Waals surface area (Å²) in [7, 11) is -1.39. The fraction of sp³-hybridized carbons (Fsp3) is 0.455. The van der Waals surface area contributed by atoms with Crippen molar-refractivity contribution in [3.8, 4) is 0 Å². The van der Waals surface area contributed by atoms with Crippen LogP contribution in [-0.2, 0) is 0 Å². The molecule has 1 unspecified atom stereocenters. The minimum absolute atomic E-state index is 0.179. The van der Waals surface area contributed by atoms with E-state index in [1.807, 2.05) is 13.0 Å². The van der Waals surface area contributed by atoms with E-state index < -0.39 is 8.07 Å². The molecule has 0 spiro atoms. The van der Waals surface area contributed by atoms with E-state index in [2.05, 4.69) is 37.4 Å². The lowest BCUT2D eigenvalue weighted by Gasteiger charge is -2.24. The van der Waals surface area contributed by atoms with Gasteiger partial charge in [0, 0.05) is 6.10 Å². The maximum atomic E-state index is 9.38. The maximum absolute atomic E-state index is 9.38. The number of aliphatic hydroxyl groups is 1. The Bertz CT molecular complexity index is 254. The first-order chi connectivity index (χ1) is 6.02. The molecule has 0 radical (unpaired) electrons. The molecule has 0 aromatic heterocycles. The van der Waals surface area contributed by atoms with Crippen molar-refractivity contribution in [1.29, 1.82) is 0 Å². The molecule has 2 heteroatoms. The van der Waals surface area contributed by atoms with Gasteiger partial charge in [0.1, 0.15) is 0 Å². The number of benzene rings is 1. The molecule has 1 nitrogen and oxygen atoms in total. The summed E-state index contributed by atoms with van der Waals surface area (Å²) in [5.41, 5.74) is 0. The predicted molar refractivity (Wildman–Crippen MR) is 60.0 cm³/mol. The molecule has 0 saturated carbocycles. The van der Waals surface area contributed by atoms with E-state index in [0.29, 0.717) is 0 Å². The largest absolute Gasteiger partial charge is 0.394 e. The number of hydrogen-bond donors (Lipinski definition) is 1. The van der Waals surface area contributed by atoms with Crippen LogP contribution in [0.1, 0.15) is 6.92 Å². The second kappa shape index (κ2) is 4.07. The molecule has 0 fully saturated rings. The summed E-state index contributed by atoms with van der Waals surface area (Å²) in [4.78, 5) is 0. The van der Waals surface area contributed by atoms with E-state index in [1.165, 1.54) is 5.19 Å². The van der Waals surface area contributed by atoms with Crippen LogP contribution in [0.3, 0.4) is 0 Å². The monoisotopic (exact) mass is 194 g/mol. The summed E-state index contributed by atoms with van der Waals surface area (Å²) >= 11 is 0. The lowest BCUT2D eigenvalue weighted by Crippen LogP contribution is -2.43. The van der Waals surface area contributed by atoms with Crippen molar-refractivity contribution in [1.82, 2.24) is 0 Å². The van der Waals surface area contributed by atoms with Gasteiger partial charge in [-0.25, -0.2) is 0 Å². The molecular weight excluding hydrogens is 176 g/mol. The Hall–Kier alpha value is -0.603. The number of hydrogen-bond acceptors (Lipinski definition) is 1. The van der Waals surface area contributed by atoms with Crippen molar-refractivity contribution in [2.24, 2.45) is 0 Å². The fourth-order valence-electron chi connectivity index (χ4n) is 1.75. The highest BCUT2D eigenvalue weighted by molar-refractivity contribution is 6.89. The molecule has 0 heterocycles. The molecule has 0 bridgehead atoms. The van der Waals surface area contributed by atoms with Crippen LogP contribution in [0.4, 0.5) is 0 Å². The Kier molecular flexibility index (Phi) is 3.28. The zero-order valence-corrected chi connectivity index (χ0v) is 9.62. The fourth-order valence-corrected chi connectivity index (χ4v) is 4.55. The standard InChI is InChI=1S/C11H18OSi/c1-10(12)9-13(2,3)11-7-5-4-6-8-11/h4-8,10,12H,9H2,1-3H3. The van der Waals surface area contributed by atoms with Gasteiger partial charge < -0.3 is 5.11 Å². The summed E-state index contributed by atoms with van der Waals surface area (Å²) in [6.07, 6.45) is -0.179. The molecule has 0 aliphatic heterocycles. The van der Waals surface area contributed by atoms with Crippen molar-refractivity contribution in [2.45, 2.75) is 32.2 Å². The maximum Gasteiger partial charge on any atom is 0.0831 e. The van der Waals surface area contributed by atoms with E-state index in [-0.39, 0.29) is 6.10 Å². The van der Waals surface area contributed by atoms with Crippen molar-refractivity contribution in [3.05, 3.63) is 30.3 Å². The van der Waals surface area contributed by atoms with Gasteiger partial charge in [-0.05, 0) is 13.0 Å². The van der Waals surface area contributed by atoms with Gasteiger partial charge in [-0.15, -0.1) is 0 Å². The second-order valence-electron chi connectivity index (χ2n) is 4.30. The normalized spacial score (nSPS) is 14.2. The third kappa shape index (κ3) is 2.97. The van der Waals surface area contributed by atoms with Gasteiger partial charge in [-0.2, -0.15) is 0 Å². The first-order valence-electron chi connectivity index (χ1n) is 4.76. The molecule has 1 rings (SSSR count). The van der Waals surface area contributed by atoms with Crippen LogP contribution in [0.2, 0.25) is 19.1 Å². The minimum Gasteiger partial charge on any atom is -0.394 e. The Morgan fingerprint density at radius 3 is 2.23 bits per heavy atom. The van der Waals surface area contributed by atoms with Gasteiger partial charge in [-0.1, -0.05) is 48.6 Å². The lowest BCUT2D eigenvalue weighted by molar-refractivity contribution is 0.214. The molecule has 0 aliphatic carbocycles. The average molecular weight is 194 g/mol. The summed E-state index contributed by atoms with van der Waals surface area (Å²) in [6.45, 7) is 6.47. The third-order valence-corrected chi connectivity index (χ3v) is 5.87. The summed E-state index contributed by atoms with van der Waals surface area (Å²) in [6, 6.07) is 11.5. The van der Waals surface area contributed by atoms with Gasteiger partial charge in [-0.3, -0.25) is 0 Å². The van der Waals surface area contributed by atoms with Crippen molar-refractivity contribution in [2.75, 3.05) is 0 Å². The molecule has 72 valence electrons. The molecular formula is C11H18OSi. The highest BCUT2D eigenvalue weighted by atomic mass is 28.3. The Balaban J connectivity index is 2.81. The second-order valence-corrected chi connectivity index (χ2v) is 9.06. The molecule has 0 saturated heterocycles. The van der Waals surface area contributed by atoms with E-state index in [1.54, 1.807) is 0 Å². The van der Waals surface area contributed by atoms with E-state index in [4.69, 9.17) is 0 Å². The molecule has 13 heavy (non-hydrogen) atoms. The lowest BCUT2D eigenvalue weighted by atomic mass is 10.4. The van der Waals surface area contributed by atoms with Crippen LogP contribution in [0, 0.1) is 0 Å². The summed E-state index contributed by atoms with van der Waals surface area (Å²) in [5.74, 6) is 0. The minimum atomic E-state index is -1.39. The smallest absolute Gasteiger partial charge is 0.0831 e. The average Bonchev–Trinajstić information content (AvgIpc) is 2.04. The molecule has 1 N–H and O–H groups in total. The highest BCUT2D eigenvalue weighted by Crippen LogP contribution is 2.12. The molecule has 1 aromatic rings. The molecule has 1 atom stereocenters. The van der Waals surface area contributed by atoms with Crippen molar-refractivity contribution >= 4 is 13.3 Å². The zero-order chi connectivity index (χ0) is 9.90. The Morgan fingerprint density at radius 2 is 1.77 bits per heavy atom. The van der Waals surface area contributed by atoms with Crippen LogP contribution in [-0.4, -0.2) is 19.3 Å². The molecule has 0 amide bonds. The van der Waals surface area contributed by atoms with Crippen LogP contribution >= 0.6 is 0 Å². The van der Waals surface area contributed by atoms with Gasteiger partial charge in [0.25, 0.3) is 0 Å².